The molecule has 7 nitrogen and oxygen atoms in total. The average molecular weight is 386 g/mol. The summed E-state index contributed by atoms with van der Waals surface area (Å²) in [6.07, 6.45) is 1.58. The number of nitrogens with one attached hydrogen (secondary N) is 2. The first-order valence-corrected chi connectivity index (χ1v) is 9.77. The zero-order chi connectivity index (χ0) is 18.6. The molecule has 0 aliphatic rings. The first kappa shape index (κ1) is 19.4. The third-order valence-electron chi connectivity index (χ3n) is 3.75. The third kappa shape index (κ3) is 5.29. The number of benzene rings is 1. The summed E-state index contributed by atoms with van der Waals surface area (Å²) in [6, 6.07) is 6.21. The van der Waals surface area contributed by atoms with Crippen molar-refractivity contribution in [1.29, 1.82) is 0 Å². The molecule has 1 atom stereocenters. The number of halogens is 1. The molecule has 0 aliphatic heterocycles. The fourth-order valence-electron chi connectivity index (χ4n) is 2.44. The van der Waals surface area contributed by atoms with Crippen molar-refractivity contribution in [1.82, 2.24) is 14.3 Å². The predicted octanol–water partition coefficient (Wildman–Crippen LogP) is 1.57. The lowest BCUT2D eigenvalue weighted by molar-refractivity contribution is 0.556. The summed E-state index contributed by atoms with van der Waals surface area (Å²) >= 11 is 6.23. The Kier molecular flexibility index (Phi) is 6.21. The maximum absolute atomic E-state index is 12.2. The van der Waals surface area contributed by atoms with Gasteiger partial charge in [-0.25, -0.2) is 17.9 Å². The highest BCUT2D eigenvalue weighted by atomic mass is 35.5. The van der Waals surface area contributed by atoms with Crippen LogP contribution in [0.15, 0.2) is 40.1 Å². The molecule has 0 spiro atoms. The van der Waals surface area contributed by atoms with E-state index in [9.17, 15) is 18.0 Å². The van der Waals surface area contributed by atoms with E-state index in [1.54, 1.807) is 13.0 Å². The van der Waals surface area contributed by atoms with Gasteiger partial charge in [-0.2, -0.15) is 0 Å². The number of aromatic amines is 1. The number of hydrogen-bond acceptors (Lipinski definition) is 4. The fraction of sp³-hybridized carbons (Fsp3) is 0.375. The number of aryl methyl sites for hydroxylation is 2. The van der Waals surface area contributed by atoms with Gasteiger partial charge < -0.3 is 4.57 Å². The Labute approximate surface area is 150 Å². The number of rotatable bonds is 7. The molecule has 9 heteroatoms. The first-order valence-electron chi connectivity index (χ1n) is 7.74. The van der Waals surface area contributed by atoms with Gasteiger partial charge >= 0.3 is 5.69 Å². The molecule has 2 rings (SSSR count). The molecule has 0 fully saturated rings. The molecule has 0 unspecified atom stereocenters. The van der Waals surface area contributed by atoms with E-state index >= 15 is 0 Å². The molecule has 0 radical (unpaired) electrons. The van der Waals surface area contributed by atoms with Crippen LogP contribution < -0.4 is 16.0 Å². The van der Waals surface area contributed by atoms with Crippen molar-refractivity contribution in [3.63, 3.8) is 0 Å². The van der Waals surface area contributed by atoms with Crippen LogP contribution in [0.2, 0.25) is 5.02 Å². The Morgan fingerprint density at radius 2 is 2.00 bits per heavy atom. The van der Waals surface area contributed by atoms with Crippen molar-refractivity contribution in [2.24, 2.45) is 0 Å². The van der Waals surface area contributed by atoms with Gasteiger partial charge in [0.2, 0.25) is 10.0 Å². The van der Waals surface area contributed by atoms with Crippen LogP contribution in [0.25, 0.3) is 0 Å². The minimum Gasteiger partial charge on any atom is -0.301 e. The fourth-order valence-corrected chi connectivity index (χ4v) is 4.02. The lowest BCUT2D eigenvalue weighted by atomic mass is 10.1. The van der Waals surface area contributed by atoms with Gasteiger partial charge in [0.15, 0.2) is 0 Å². The smallest absolute Gasteiger partial charge is 0.301 e. The van der Waals surface area contributed by atoms with Gasteiger partial charge in [-0.05, 0) is 31.4 Å². The minimum atomic E-state index is -3.55. The summed E-state index contributed by atoms with van der Waals surface area (Å²) in [6.45, 7) is 3.77. The Morgan fingerprint density at radius 1 is 1.28 bits per heavy atom. The highest BCUT2D eigenvalue weighted by Crippen LogP contribution is 2.26. The standard InChI is InChI=1S/C16H20ClN3O4S/c1-11-5-3-6-13(15(11)17)12(2)19-25(23,24)10-4-8-20-9-7-14(21)18-16(20)22/h3,5-7,9,12,19H,4,8,10H2,1-2H3,(H,18,21,22)/t12-/m1/s1. The predicted molar refractivity (Wildman–Crippen MR) is 97.5 cm³/mol. The molecule has 1 aromatic carbocycles. The van der Waals surface area contributed by atoms with E-state index in [4.69, 9.17) is 11.6 Å². The minimum absolute atomic E-state index is 0.146. The molecule has 0 saturated carbocycles. The molecule has 0 saturated heterocycles. The molecular weight excluding hydrogens is 366 g/mol. The van der Waals surface area contributed by atoms with Gasteiger partial charge in [-0.15, -0.1) is 0 Å². The third-order valence-corrected chi connectivity index (χ3v) is 5.81. The second kappa shape index (κ2) is 7.99. The van der Waals surface area contributed by atoms with Crippen LogP contribution in [0.5, 0.6) is 0 Å². The summed E-state index contributed by atoms with van der Waals surface area (Å²) in [5.74, 6) is -0.146. The van der Waals surface area contributed by atoms with Crippen molar-refractivity contribution in [3.05, 3.63) is 67.4 Å². The molecule has 1 aromatic heterocycles. The SMILES string of the molecule is Cc1cccc([C@@H](C)NS(=O)(=O)CCCn2ccc(=O)[nH]c2=O)c1Cl. The van der Waals surface area contributed by atoms with Gasteiger partial charge in [0.25, 0.3) is 5.56 Å². The molecule has 0 bridgehead atoms. The zero-order valence-electron chi connectivity index (χ0n) is 14.0. The van der Waals surface area contributed by atoms with Crippen LogP contribution in [0.1, 0.15) is 30.5 Å². The van der Waals surface area contributed by atoms with Gasteiger partial charge in [-0.1, -0.05) is 29.8 Å². The number of H-pyrrole nitrogens is 1. The van der Waals surface area contributed by atoms with E-state index < -0.39 is 27.3 Å². The highest BCUT2D eigenvalue weighted by Gasteiger charge is 2.18. The lowest BCUT2D eigenvalue weighted by Gasteiger charge is -2.17. The molecule has 1 heterocycles. The normalized spacial score (nSPS) is 12.9. The lowest BCUT2D eigenvalue weighted by Crippen LogP contribution is -2.32. The summed E-state index contributed by atoms with van der Waals surface area (Å²) in [4.78, 5) is 24.7. The number of aromatic nitrogens is 2. The Morgan fingerprint density at radius 3 is 2.68 bits per heavy atom. The van der Waals surface area contributed by atoms with Crippen molar-refractivity contribution in [2.45, 2.75) is 32.9 Å². The largest absolute Gasteiger partial charge is 0.328 e. The van der Waals surface area contributed by atoms with Crippen molar-refractivity contribution < 1.29 is 8.42 Å². The maximum atomic E-state index is 12.2. The summed E-state index contributed by atoms with van der Waals surface area (Å²) in [5, 5.41) is 0.539. The summed E-state index contributed by atoms with van der Waals surface area (Å²) in [7, 11) is -3.55. The number of hydrogen-bond donors (Lipinski definition) is 2. The summed E-state index contributed by atoms with van der Waals surface area (Å²) < 4.78 is 28.3. The topological polar surface area (TPSA) is 101 Å². The Bertz CT molecular complexity index is 966. The average Bonchev–Trinajstić information content (AvgIpc) is 2.51. The summed E-state index contributed by atoms with van der Waals surface area (Å²) in [5.41, 5.74) is 0.543. The van der Waals surface area contributed by atoms with E-state index in [1.165, 1.54) is 16.8 Å². The quantitative estimate of drug-likeness (QED) is 0.755. The molecule has 0 amide bonds. The van der Waals surface area contributed by atoms with Crippen LogP contribution in [0.3, 0.4) is 0 Å². The van der Waals surface area contributed by atoms with Crippen LogP contribution in [-0.4, -0.2) is 23.7 Å². The van der Waals surface area contributed by atoms with E-state index in [0.717, 1.165) is 5.56 Å². The van der Waals surface area contributed by atoms with Crippen LogP contribution >= 0.6 is 11.6 Å². The molecule has 0 aliphatic carbocycles. The number of nitrogens with zero attached hydrogens (tertiary/aromatic N) is 1. The van der Waals surface area contributed by atoms with Crippen molar-refractivity contribution in [2.75, 3.05) is 5.75 Å². The monoisotopic (exact) mass is 385 g/mol. The molecule has 25 heavy (non-hydrogen) atoms. The van der Waals surface area contributed by atoms with Gasteiger partial charge in [0.05, 0.1) is 5.75 Å². The molecular formula is C16H20ClN3O4S. The second-order valence-electron chi connectivity index (χ2n) is 5.79. The Hall–Kier alpha value is -1.90. The van der Waals surface area contributed by atoms with E-state index in [2.05, 4.69) is 9.71 Å². The molecule has 136 valence electrons. The van der Waals surface area contributed by atoms with Crippen LogP contribution in [0.4, 0.5) is 0 Å². The second-order valence-corrected chi connectivity index (χ2v) is 8.05. The first-order chi connectivity index (χ1) is 11.7. The van der Waals surface area contributed by atoms with Crippen molar-refractivity contribution in [3.8, 4) is 0 Å². The van der Waals surface area contributed by atoms with Crippen LogP contribution in [0, 0.1) is 6.92 Å². The maximum Gasteiger partial charge on any atom is 0.328 e. The van der Waals surface area contributed by atoms with Gasteiger partial charge in [0.1, 0.15) is 0 Å². The Balaban J connectivity index is 1.98. The van der Waals surface area contributed by atoms with Gasteiger partial charge in [0, 0.05) is 29.9 Å². The van der Waals surface area contributed by atoms with E-state index in [1.807, 2.05) is 19.1 Å². The highest BCUT2D eigenvalue weighted by molar-refractivity contribution is 7.89. The van der Waals surface area contributed by atoms with Gasteiger partial charge in [-0.3, -0.25) is 9.78 Å². The van der Waals surface area contributed by atoms with E-state index in [0.29, 0.717) is 10.6 Å². The molecule has 2 aromatic rings. The molecule has 2 N–H and O–H groups in total. The van der Waals surface area contributed by atoms with Crippen LogP contribution in [-0.2, 0) is 16.6 Å². The van der Waals surface area contributed by atoms with E-state index in [-0.39, 0.29) is 18.7 Å². The zero-order valence-corrected chi connectivity index (χ0v) is 15.5. The number of sulfonamides is 1. The van der Waals surface area contributed by atoms with Crippen molar-refractivity contribution >= 4 is 21.6 Å².